The van der Waals surface area contributed by atoms with Crippen LogP contribution >= 0.6 is 15.9 Å². The predicted octanol–water partition coefficient (Wildman–Crippen LogP) is 4.56. The molecule has 1 aromatic heterocycles. The standard InChI is InChI=1S/C19H15BrN2O4/c1-11-5-6-15(23)14(9-11)22-18(24)12-3-2-4-13(10-12)21-19(25)16-7-8-17(20)26-16/h2-10,23H,1H3,(H,21,25)(H,22,24). The van der Waals surface area contributed by atoms with Gasteiger partial charge in [0.2, 0.25) is 0 Å². The summed E-state index contributed by atoms with van der Waals surface area (Å²) in [6, 6.07) is 14.6. The van der Waals surface area contributed by atoms with Gasteiger partial charge in [0.25, 0.3) is 11.8 Å². The summed E-state index contributed by atoms with van der Waals surface area (Å²) in [5.74, 6) is -0.694. The van der Waals surface area contributed by atoms with Crippen LogP contribution in [0.3, 0.4) is 0 Å². The molecule has 0 fully saturated rings. The average Bonchev–Trinajstić information content (AvgIpc) is 3.05. The molecule has 6 nitrogen and oxygen atoms in total. The highest BCUT2D eigenvalue weighted by molar-refractivity contribution is 9.10. The highest BCUT2D eigenvalue weighted by Gasteiger charge is 2.13. The molecule has 0 atom stereocenters. The molecule has 2 aromatic carbocycles. The van der Waals surface area contributed by atoms with Crippen LogP contribution in [0, 0.1) is 6.92 Å². The van der Waals surface area contributed by atoms with E-state index in [1.165, 1.54) is 18.2 Å². The molecule has 3 aromatic rings. The van der Waals surface area contributed by atoms with Crippen molar-refractivity contribution >= 4 is 39.1 Å². The number of phenolic OH excluding ortho intramolecular Hbond substituents is 1. The number of rotatable bonds is 4. The van der Waals surface area contributed by atoms with E-state index in [2.05, 4.69) is 26.6 Å². The first-order valence-corrected chi connectivity index (χ1v) is 8.49. The van der Waals surface area contributed by atoms with E-state index in [0.29, 0.717) is 21.6 Å². The van der Waals surface area contributed by atoms with E-state index < -0.39 is 11.8 Å². The summed E-state index contributed by atoms with van der Waals surface area (Å²) in [6.45, 7) is 1.86. The Balaban J connectivity index is 1.75. The summed E-state index contributed by atoms with van der Waals surface area (Å²) in [5.41, 5.74) is 2.02. The van der Waals surface area contributed by atoms with Gasteiger partial charge >= 0.3 is 0 Å². The second-order valence-electron chi connectivity index (χ2n) is 5.61. The SMILES string of the molecule is Cc1ccc(O)c(NC(=O)c2cccc(NC(=O)c3ccc(Br)o3)c2)c1. The molecule has 0 spiro atoms. The Labute approximate surface area is 158 Å². The van der Waals surface area contributed by atoms with E-state index in [-0.39, 0.29) is 11.5 Å². The Morgan fingerprint density at radius 1 is 1.00 bits per heavy atom. The van der Waals surface area contributed by atoms with E-state index in [9.17, 15) is 14.7 Å². The van der Waals surface area contributed by atoms with Gasteiger partial charge in [-0.1, -0.05) is 12.1 Å². The van der Waals surface area contributed by atoms with E-state index in [1.807, 2.05) is 6.92 Å². The van der Waals surface area contributed by atoms with Crippen LogP contribution in [0.15, 0.2) is 63.7 Å². The fraction of sp³-hybridized carbons (Fsp3) is 0.0526. The molecule has 3 N–H and O–H groups in total. The Kier molecular flexibility index (Phi) is 5.09. The minimum absolute atomic E-state index is 0.0168. The number of aryl methyl sites for hydroxylation is 1. The van der Waals surface area contributed by atoms with Crippen molar-refractivity contribution < 1.29 is 19.1 Å². The second kappa shape index (κ2) is 7.45. The summed E-state index contributed by atoms with van der Waals surface area (Å²) in [6.07, 6.45) is 0. The molecule has 0 aliphatic heterocycles. The molecule has 0 aliphatic carbocycles. The summed E-state index contributed by atoms with van der Waals surface area (Å²) in [4.78, 5) is 24.6. The molecule has 0 radical (unpaired) electrons. The number of halogens is 1. The maximum atomic E-state index is 12.4. The number of phenols is 1. The normalized spacial score (nSPS) is 10.4. The lowest BCUT2D eigenvalue weighted by molar-refractivity contribution is 0.0992. The van der Waals surface area contributed by atoms with Gasteiger partial charge in [0.15, 0.2) is 10.4 Å². The number of carbonyl (C=O) groups is 2. The zero-order chi connectivity index (χ0) is 18.7. The number of carbonyl (C=O) groups excluding carboxylic acids is 2. The molecule has 0 bridgehead atoms. The summed E-state index contributed by atoms with van der Waals surface area (Å²) >= 11 is 3.14. The van der Waals surface area contributed by atoms with Crippen LogP contribution in [-0.2, 0) is 0 Å². The smallest absolute Gasteiger partial charge is 0.291 e. The van der Waals surface area contributed by atoms with Gasteiger partial charge in [-0.15, -0.1) is 0 Å². The van der Waals surface area contributed by atoms with Gasteiger partial charge in [-0.3, -0.25) is 9.59 Å². The van der Waals surface area contributed by atoms with Crippen LogP contribution in [0.5, 0.6) is 5.75 Å². The van der Waals surface area contributed by atoms with E-state index in [0.717, 1.165) is 5.56 Å². The molecular weight excluding hydrogens is 400 g/mol. The van der Waals surface area contributed by atoms with Gasteiger partial charge in [-0.05, 0) is 70.9 Å². The van der Waals surface area contributed by atoms with Gasteiger partial charge in [0.1, 0.15) is 5.75 Å². The lowest BCUT2D eigenvalue weighted by Gasteiger charge is -2.09. The molecule has 0 saturated carbocycles. The van der Waals surface area contributed by atoms with Gasteiger partial charge in [0.05, 0.1) is 5.69 Å². The van der Waals surface area contributed by atoms with Gasteiger partial charge in [-0.2, -0.15) is 0 Å². The predicted molar refractivity (Wildman–Crippen MR) is 102 cm³/mol. The number of benzene rings is 2. The molecule has 0 aliphatic rings. The van der Waals surface area contributed by atoms with Gasteiger partial charge in [0, 0.05) is 11.3 Å². The Morgan fingerprint density at radius 2 is 1.81 bits per heavy atom. The molecule has 7 heteroatoms. The number of anilines is 2. The van der Waals surface area contributed by atoms with Crippen LogP contribution < -0.4 is 10.6 Å². The number of amides is 2. The van der Waals surface area contributed by atoms with E-state index in [4.69, 9.17) is 4.42 Å². The molecule has 3 rings (SSSR count). The largest absolute Gasteiger partial charge is 0.506 e. The van der Waals surface area contributed by atoms with Crippen LogP contribution in [0.4, 0.5) is 11.4 Å². The molecule has 2 amide bonds. The average molecular weight is 415 g/mol. The Hall–Kier alpha value is -3.06. The highest BCUT2D eigenvalue weighted by Crippen LogP contribution is 2.25. The van der Waals surface area contributed by atoms with Crippen molar-refractivity contribution in [3.8, 4) is 5.75 Å². The molecule has 1 heterocycles. The zero-order valence-corrected chi connectivity index (χ0v) is 15.3. The Morgan fingerprint density at radius 3 is 2.54 bits per heavy atom. The lowest BCUT2D eigenvalue weighted by Crippen LogP contribution is -2.14. The maximum Gasteiger partial charge on any atom is 0.291 e. The first kappa shape index (κ1) is 17.8. The topological polar surface area (TPSA) is 91.6 Å². The number of furan rings is 1. The Bertz CT molecular complexity index is 981. The quantitative estimate of drug-likeness (QED) is 0.545. The van der Waals surface area contributed by atoms with Crippen molar-refractivity contribution in [2.24, 2.45) is 0 Å². The van der Waals surface area contributed by atoms with E-state index >= 15 is 0 Å². The first-order valence-electron chi connectivity index (χ1n) is 7.70. The summed E-state index contributed by atoms with van der Waals surface area (Å²) in [5, 5.41) is 15.2. The van der Waals surface area contributed by atoms with Crippen molar-refractivity contribution in [2.45, 2.75) is 6.92 Å². The minimum Gasteiger partial charge on any atom is -0.506 e. The third-order valence-corrected chi connectivity index (χ3v) is 4.01. The van der Waals surface area contributed by atoms with Crippen molar-refractivity contribution in [3.63, 3.8) is 0 Å². The molecule has 0 saturated heterocycles. The molecule has 26 heavy (non-hydrogen) atoms. The van der Waals surface area contributed by atoms with Crippen LogP contribution in [0.25, 0.3) is 0 Å². The lowest BCUT2D eigenvalue weighted by atomic mass is 10.1. The minimum atomic E-state index is -0.426. The van der Waals surface area contributed by atoms with Crippen molar-refractivity contribution in [1.29, 1.82) is 0 Å². The van der Waals surface area contributed by atoms with Crippen molar-refractivity contribution in [1.82, 2.24) is 0 Å². The van der Waals surface area contributed by atoms with E-state index in [1.54, 1.807) is 36.4 Å². The van der Waals surface area contributed by atoms with Crippen molar-refractivity contribution in [2.75, 3.05) is 10.6 Å². The summed E-state index contributed by atoms with van der Waals surface area (Å²) < 4.78 is 5.65. The van der Waals surface area contributed by atoms with Crippen LogP contribution in [0.2, 0.25) is 0 Å². The monoisotopic (exact) mass is 414 g/mol. The number of aromatic hydroxyl groups is 1. The number of nitrogens with one attached hydrogen (secondary N) is 2. The molecule has 0 unspecified atom stereocenters. The summed E-state index contributed by atoms with van der Waals surface area (Å²) in [7, 11) is 0. The van der Waals surface area contributed by atoms with Gasteiger partial charge < -0.3 is 20.2 Å². The number of hydrogen-bond donors (Lipinski definition) is 3. The van der Waals surface area contributed by atoms with Crippen LogP contribution in [0.1, 0.15) is 26.5 Å². The van der Waals surface area contributed by atoms with Crippen molar-refractivity contribution in [3.05, 3.63) is 76.2 Å². The third kappa shape index (κ3) is 4.12. The second-order valence-corrected chi connectivity index (χ2v) is 6.39. The zero-order valence-electron chi connectivity index (χ0n) is 13.7. The highest BCUT2D eigenvalue weighted by atomic mass is 79.9. The molecular formula is C19H15BrN2O4. The van der Waals surface area contributed by atoms with Gasteiger partial charge in [-0.25, -0.2) is 0 Å². The fourth-order valence-electron chi connectivity index (χ4n) is 2.31. The molecule has 132 valence electrons. The first-order chi connectivity index (χ1) is 12.4. The maximum absolute atomic E-state index is 12.4. The van der Waals surface area contributed by atoms with Crippen LogP contribution in [-0.4, -0.2) is 16.9 Å². The fourth-order valence-corrected chi connectivity index (χ4v) is 2.62. The third-order valence-electron chi connectivity index (χ3n) is 3.58. The number of hydrogen-bond acceptors (Lipinski definition) is 4.